The summed E-state index contributed by atoms with van der Waals surface area (Å²) in [5, 5.41) is 12.2. The number of H-pyrrole nitrogens is 1. The number of aromatic amines is 1. The van der Waals surface area contributed by atoms with Crippen LogP contribution in [0.2, 0.25) is 0 Å². The summed E-state index contributed by atoms with van der Waals surface area (Å²) in [4.78, 5) is 12.3. The molecule has 5 aromatic rings. The molecule has 0 bridgehead atoms. The van der Waals surface area contributed by atoms with Gasteiger partial charge in [-0.3, -0.25) is 15.0 Å². The van der Waals surface area contributed by atoms with Crippen molar-refractivity contribution >= 4 is 39.5 Å². The van der Waals surface area contributed by atoms with E-state index >= 15 is 0 Å². The topological polar surface area (TPSA) is 86.8 Å². The van der Waals surface area contributed by atoms with Crippen molar-refractivity contribution in [1.29, 1.82) is 5.41 Å². The van der Waals surface area contributed by atoms with Crippen molar-refractivity contribution < 1.29 is 0 Å². The number of aryl methyl sites for hydroxylation is 1. The summed E-state index contributed by atoms with van der Waals surface area (Å²) in [6.45, 7) is 4.77. The molecule has 0 aliphatic heterocycles. The Morgan fingerprint density at radius 2 is 1.81 bits per heavy atom. The van der Waals surface area contributed by atoms with Gasteiger partial charge in [0.05, 0.1) is 27.8 Å². The molecule has 32 heavy (non-hydrogen) atoms. The van der Waals surface area contributed by atoms with Crippen LogP contribution in [0.1, 0.15) is 18.2 Å². The molecule has 0 aliphatic rings. The number of hydrogen-bond donors (Lipinski definition) is 3. The zero-order chi connectivity index (χ0) is 22.2. The van der Waals surface area contributed by atoms with Crippen LogP contribution in [0.4, 0.5) is 11.6 Å². The van der Waals surface area contributed by atoms with Crippen molar-refractivity contribution in [2.45, 2.75) is 20.4 Å². The van der Waals surface area contributed by atoms with Crippen molar-refractivity contribution in [3.05, 3.63) is 83.5 Å². The number of rotatable bonds is 4. The molecule has 7 nitrogen and oxygen atoms in total. The van der Waals surface area contributed by atoms with E-state index in [1.54, 1.807) is 7.05 Å². The minimum Gasteiger partial charge on any atom is -0.339 e. The number of pyridine rings is 1. The maximum atomic E-state index is 8.92. The van der Waals surface area contributed by atoms with E-state index < -0.39 is 0 Å². The summed E-state index contributed by atoms with van der Waals surface area (Å²) < 4.78 is 4.15. The maximum absolute atomic E-state index is 8.92. The molecule has 0 radical (unpaired) electrons. The number of benzene rings is 2. The minimum absolute atomic E-state index is 0.331. The average Bonchev–Trinajstić information content (AvgIpc) is 3.35. The molecule has 2 aromatic carbocycles. The van der Waals surface area contributed by atoms with Crippen molar-refractivity contribution in [3.8, 4) is 0 Å². The first-order chi connectivity index (χ1) is 15.5. The van der Waals surface area contributed by atoms with Crippen LogP contribution in [0.15, 0.2) is 71.7 Å². The van der Waals surface area contributed by atoms with Crippen LogP contribution in [0, 0.1) is 12.3 Å². The number of fused-ring (bicyclic) bond motifs is 2. The van der Waals surface area contributed by atoms with Gasteiger partial charge in [-0.2, -0.15) is 0 Å². The van der Waals surface area contributed by atoms with E-state index in [0.717, 1.165) is 40.1 Å². The molecule has 3 aromatic heterocycles. The number of anilines is 2. The first-order valence-corrected chi connectivity index (χ1v) is 10.5. The van der Waals surface area contributed by atoms with Gasteiger partial charge in [0.25, 0.3) is 0 Å². The molecule has 3 heterocycles. The number of hydrogen-bond acceptors (Lipinski definition) is 4. The second-order valence-electron chi connectivity index (χ2n) is 7.87. The predicted molar refractivity (Wildman–Crippen MR) is 130 cm³/mol. The van der Waals surface area contributed by atoms with Gasteiger partial charge in [-0.15, -0.1) is 0 Å². The van der Waals surface area contributed by atoms with Gasteiger partial charge in [-0.05, 0) is 43.7 Å². The van der Waals surface area contributed by atoms with Crippen molar-refractivity contribution in [3.63, 3.8) is 0 Å². The summed E-state index contributed by atoms with van der Waals surface area (Å²) in [7, 11) is 1.75. The van der Waals surface area contributed by atoms with E-state index in [2.05, 4.69) is 62.1 Å². The zero-order valence-corrected chi connectivity index (χ0v) is 18.3. The van der Waals surface area contributed by atoms with Crippen molar-refractivity contribution in [2.75, 3.05) is 12.4 Å². The highest BCUT2D eigenvalue weighted by atomic mass is 15.2. The molecule has 0 atom stereocenters. The minimum atomic E-state index is 0.331. The van der Waals surface area contributed by atoms with Crippen LogP contribution in [0.5, 0.6) is 0 Å². The van der Waals surface area contributed by atoms with Crippen LogP contribution in [0.3, 0.4) is 0 Å². The van der Waals surface area contributed by atoms with Crippen LogP contribution in [-0.2, 0) is 6.54 Å². The van der Waals surface area contributed by atoms with E-state index in [9.17, 15) is 0 Å². The molecule has 0 spiro atoms. The third kappa shape index (κ3) is 3.37. The van der Waals surface area contributed by atoms with Crippen LogP contribution >= 0.6 is 0 Å². The highest BCUT2D eigenvalue weighted by Crippen LogP contribution is 2.24. The Morgan fingerprint density at radius 1 is 1.06 bits per heavy atom. The number of aromatic nitrogens is 4. The Bertz CT molecular complexity index is 1480. The van der Waals surface area contributed by atoms with Crippen molar-refractivity contribution in [1.82, 2.24) is 19.1 Å². The van der Waals surface area contributed by atoms with Gasteiger partial charge >= 0.3 is 0 Å². The second-order valence-corrected chi connectivity index (χ2v) is 7.87. The number of imidazole rings is 1. The Labute approximate surface area is 185 Å². The molecule has 0 saturated carbocycles. The van der Waals surface area contributed by atoms with E-state index in [4.69, 9.17) is 5.41 Å². The van der Waals surface area contributed by atoms with E-state index in [1.165, 1.54) is 5.56 Å². The monoisotopic (exact) mass is 423 g/mol. The summed E-state index contributed by atoms with van der Waals surface area (Å²) in [5.41, 5.74) is 7.16. The fraction of sp³-hybridized carbons (Fsp3) is 0.160. The quantitative estimate of drug-likeness (QED) is 0.287. The van der Waals surface area contributed by atoms with Gasteiger partial charge in [0, 0.05) is 19.3 Å². The summed E-state index contributed by atoms with van der Waals surface area (Å²) in [6, 6.07) is 22.4. The first kappa shape index (κ1) is 19.8. The third-order valence-corrected chi connectivity index (χ3v) is 5.80. The Morgan fingerprint density at radius 3 is 2.56 bits per heavy atom. The fourth-order valence-corrected chi connectivity index (χ4v) is 4.10. The number of nitrogens with zero attached hydrogens (tertiary/aromatic N) is 4. The molecule has 0 aliphatic carbocycles. The molecule has 0 saturated heterocycles. The lowest BCUT2D eigenvalue weighted by Crippen LogP contribution is -2.27. The van der Waals surface area contributed by atoms with Gasteiger partial charge in [0.15, 0.2) is 5.49 Å². The second kappa shape index (κ2) is 7.85. The van der Waals surface area contributed by atoms with Gasteiger partial charge in [-0.25, -0.2) is 4.98 Å². The normalized spacial score (nSPS) is 12.0. The Balaban J connectivity index is 1.69. The average molecular weight is 424 g/mol. The molecule has 3 N–H and O–H groups in total. The largest absolute Gasteiger partial charge is 0.339 e. The Hall–Kier alpha value is -4.13. The molecule has 0 unspecified atom stereocenters. The number of para-hydroxylation sites is 2. The lowest BCUT2D eigenvalue weighted by atomic mass is 10.2. The zero-order valence-electron chi connectivity index (χ0n) is 18.3. The van der Waals surface area contributed by atoms with E-state index in [-0.39, 0.29) is 0 Å². The van der Waals surface area contributed by atoms with Gasteiger partial charge < -0.3 is 14.9 Å². The van der Waals surface area contributed by atoms with Gasteiger partial charge in [-0.1, -0.05) is 42.5 Å². The molecule has 7 heteroatoms. The highest BCUT2D eigenvalue weighted by molar-refractivity contribution is 5.94. The van der Waals surface area contributed by atoms with Gasteiger partial charge in [0.1, 0.15) is 5.84 Å². The fourth-order valence-electron chi connectivity index (χ4n) is 4.10. The number of aliphatic imine (C=N–C) groups is 1. The SMILES string of the molecule is CN=C(C)n1c(=N)c(Nc2nc3ccccc3[nH]2)cc2c1cc(C)n2Cc1ccccc1. The predicted octanol–water partition coefficient (Wildman–Crippen LogP) is 4.80. The smallest absolute Gasteiger partial charge is 0.205 e. The first-order valence-electron chi connectivity index (χ1n) is 10.5. The molecule has 0 fully saturated rings. The molecule has 5 rings (SSSR count). The summed E-state index contributed by atoms with van der Waals surface area (Å²) in [5.74, 6) is 1.36. The van der Waals surface area contributed by atoms with Crippen LogP contribution in [-0.4, -0.2) is 32.0 Å². The third-order valence-electron chi connectivity index (χ3n) is 5.80. The summed E-state index contributed by atoms with van der Waals surface area (Å²) in [6.07, 6.45) is 0. The van der Waals surface area contributed by atoms with E-state index in [0.29, 0.717) is 17.1 Å². The lowest BCUT2D eigenvalue weighted by molar-refractivity contribution is 0.804. The van der Waals surface area contributed by atoms with E-state index in [1.807, 2.05) is 47.9 Å². The Kier molecular flexibility index (Phi) is 4.86. The number of nitrogens with one attached hydrogen (secondary N) is 3. The standard InChI is InChI=1S/C25H25N7/c1-16-13-23-22(31(16)15-18-9-5-4-6-10-18)14-21(24(26)32(23)17(2)27-3)30-25-28-19-11-7-8-12-20(19)29-25/h4-14,26H,15H2,1-3H3,(H2,28,29,30). The van der Waals surface area contributed by atoms with Gasteiger partial charge in [0.2, 0.25) is 5.95 Å². The van der Waals surface area contributed by atoms with Crippen LogP contribution < -0.4 is 10.8 Å². The highest BCUT2D eigenvalue weighted by Gasteiger charge is 2.16. The molecule has 160 valence electrons. The van der Waals surface area contributed by atoms with Crippen LogP contribution in [0.25, 0.3) is 22.1 Å². The lowest BCUT2D eigenvalue weighted by Gasteiger charge is -2.14. The molecular weight excluding hydrogens is 398 g/mol. The molecular formula is C25H25N7. The van der Waals surface area contributed by atoms with Crippen molar-refractivity contribution in [2.24, 2.45) is 4.99 Å². The maximum Gasteiger partial charge on any atom is 0.205 e. The summed E-state index contributed by atoms with van der Waals surface area (Å²) >= 11 is 0. The molecule has 0 amide bonds.